The number of amides is 1. The Morgan fingerprint density at radius 2 is 2.14 bits per heavy atom. The first kappa shape index (κ1) is 14.9. The Hall–Kier alpha value is -2.48. The minimum Gasteiger partial charge on any atom is -0.433 e. The van der Waals surface area contributed by atoms with Gasteiger partial charge in [-0.1, -0.05) is 12.1 Å². The minimum absolute atomic E-state index is 0.114. The van der Waals surface area contributed by atoms with Crippen LogP contribution >= 0.6 is 0 Å². The lowest BCUT2D eigenvalue weighted by Crippen LogP contribution is -2.15. The Bertz CT molecular complexity index is 616. The molecule has 1 amide bonds. The molecular weight excluding hydrogens is 284 g/mol. The Morgan fingerprint density at radius 3 is 2.86 bits per heavy atom. The molecular formula is C13H13F2N3O3. The van der Waals surface area contributed by atoms with Gasteiger partial charge in [0.1, 0.15) is 12.5 Å². The second-order valence-corrected chi connectivity index (χ2v) is 3.99. The molecule has 0 unspecified atom stereocenters. The van der Waals surface area contributed by atoms with Crippen molar-refractivity contribution in [1.29, 1.82) is 0 Å². The second-order valence-electron chi connectivity index (χ2n) is 3.99. The molecule has 0 spiro atoms. The van der Waals surface area contributed by atoms with Crippen molar-refractivity contribution in [3.05, 3.63) is 42.2 Å². The number of nitrogens with one attached hydrogen (secondary N) is 1. The Labute approximate surface area is 119 Å². The number of hydrogen-bond acceptors (Lipinski definition) is 4. The normalized spacial score (nSPS) is 10.7. The number of hydrogen-bond donors (Lipinski definition) is 1. The van der Waals surface area contributed by atoms with Crippen LogP contribution in [0.2, 0.25) is 0 Å². The van der Waals surface area contributed by atoms with Crippen LogP contribution in [0.15, 0.2) is 36.5 Å². The monoisotopic (exact) mass is 297 g/mol. The highest BCUT2D eigenvalue weighted by atomic mass is 19.3. The third-order valence-electron chi connectivity index (χ3n) is 2.49. The van der Waals surface area contributed by atoms with Gasteiger partial charge in [-0.25, -0.2) is 4.68 Å². The Balaban J connectivity index is 2.11. The summed E-state index contributed by atoms with van der Waals surface area (Å²) in [5.41, 5.74) is 0.281. The number of benzene rings is 1. The topological polar surface area (TPSA) is 65.4 Å². The molecule has 2 rings (SSSR count). The molecule has 1 aromatic carbocycles. The number of alkyl halides is 2. The van der Waals surface area contributed by atoms with E-state index in [1.165, 1.54) is 36.1 Å². The van der Waals surface area contributed by atoms with Gasteiger partial charge in [-0.2, -0.15) is 13.9 Å². The van der Waals surface area contributed by atoms with E-state index in [9.17, 15) is 13.6 Å². The van der Waals surface area contributed by atoms with Gasteiger partial charge in [0.15, 0.2) is 5.69 Å². The van der Waals surface area contributed by atoms with Gasteiger partial charge in [-0.3, -0.25) is 4.79 Å². The maximum atomic E-state index is 12.3. The number of aromatic nitrogens is 2. The highest BCUT2D eigenvalue weighted by molar-refractivity contribution is 6.03. The lowest BCUT2D eigenvalue weighted by Gasteiger charge is -2.10. The van der Waals surface area contributed by atoms with E-state index in [0.29, 0.717) is 0 Å². The summed E-state index contributed by atoms with van der Waals surface area (Å²) in [4.78, 5) is 12.0. The highest BCUT2D eigenvalue weighted by Crippen LogP contribution is 2.25. The van der Waals surface area contributed by atoms with E-state index in [1.807, 2.05) is 0 Å². The van der Waals surface area contributed by atoms with Crippen LogP contribution in [-0.2, 0) is 11.5 Å². The predicted octanol–water partition coefficient (Wildman–Crippen LogP) is 2.34. The van der Waals surface area contributed by atoms with Crippen molar-refractivity contribution in [2.45, 2.75) is 13.3 Å². The molecule has 0 aliphatic rings. The lowest BCUT2D eigenvalue weighted by atomic mass is 10.3. The second kappa shape index (κ2) is 6.80. The van der Waals surface area contributed by atoms with E-state index in [1.54, 1.807) is 12.3 Å². The van der Waals surface area contributed by atoms with Gasteiger partial charge in [0.2, 0.25) is 0 Å². The van der Waals surface area contributed by atoms with Crippen LogP contribution in [0.25, 0.3) is 0 Å². The van der Waals surface area contributed by atoms with Crippen molar-refractivity contribution >= 4 is 11.6 Å². The van der Waals surface area contributed by atoms with Gasteiger partial charge < -0.3 is 14.8 Å². The van der Waals surface area contributed by atoms with E-state index in [2.05, 4.69) is 15.2 Å². The Morgan fingerprint density at radius 1 is 1.38 bits per heavy atom. The van der Waals surface area contributed by atoms with Crippen LogP contribution in [0.1, 0.15) is 10.5 Å². The molecule has 1 heterocycles. The quantitative estimate of drug-likeness (QED) is 0.889. The van der Waals surface area contributed by atoms with Crippen LogP contribution in [-0.4, -0.2) is 29.4 Å². The van der Waals surface area contributed by atoms with Crippen LogP contribution in [0, 0.1) is 0 Å². The maximum Gasteiger partial charge on any atom is 0.387 e. The third-order valence-corrected chi connectivity index (χ3v) is 2.49. The summed E-state index contributed by atoms with van der Waals surface area (Å²) in [6, 6.07) is 7.41. The standard InChI is InChI=1S/C13H13F2N3O3/c1-20-8-18-7-6-10(17-18)12(19)16-9-4-2-3-5-11(9)21-13(14)15/h2-7,13H,8H2,1H3,(H,16,19). The van der Waals surface area contributed by atoms with Crippen molar-refractivity contribution in [2.75, 3.05) is 12.4 Å². The predicted molar refractivity (Wildman–Crippen MR) is 70.3 cm³/mol. The summed E-state index contributed by atoms with van der Waals surface area (Å²) in [6.45, 7) is -2.76. The number of ether oxygens (including phenoxy) is 2. The average molecular weight is 297 g/mol. The van der Waals surface area contributed by atoms with E-state index in [0.717, 1.165) is 0 Å². The van der Waals surface area contributed by atoms with E-state index >= 15 is 0 Å². The maximum absolute atomic E-state index is 12.3. The van der Waals surface area contributed by atoms with Gasteiger partial charge in [0.05, 0.1) is 5.69 Å². The minimum atomic E-state index is -2.97. The van der Waals surface area contributed by atoms with Gasteiger partial charge in [0.25, 0.3) is 5.91 Å². The van der Waals surface area contributed by atoms with Gasteiger partial charge in [-0.15, -0.1) is 0 Å². The van der Waals surface area contributed by atoms with Gasteiger partial charge in [0, 0.05) is 13.3 Å². The Kier molecular flexibility index (Phi) is 4.83. The van der Waals surface area contributed by atoms with Crippen molar-refractivity contribution in [3.63, 3.8) is 0 Å². The zero-order valence-electron chi connectivity index (χ0n) is 11.1. The number of carbonyl (C=O) groups is 1. The van der Waals surface area contributed by atoms with Crippen molar-refractivity contribution in [3.8, 4) is 5.75 Å². The molecule has 112 valence electrons. The highest BCUT2D eigenvalue weighted by Gasteiger charge is 2.14. The molecule has 0 bridgehead atoms. The molecule has 8 heteroatoms. The number of methoxy groups -OCH3 is 1. The van der Waals surface area contributed by atoms with Gasteiger partial charge in [-0.05, 0) is 18.2 Å². The summed E-state index contributed by atoms with van der Waals surface area (Å²) >= 11 is 0. The van der Waals surface area contributed by atoms with Crippen molar-refractivity contribution < 1.29 is 23.0 Å². The van der Waals surface area contributed by atoms with Crippen molar-refractivity contribution in [1.82, 2.24) is 9.78 Å². The number of carbonyl (C=O) groups excluding carboxylic acids is 1. The molecule has 0 saturated heterocycles. The molecule has 21 heavy (non-hydrogen) atoms. The fourth-order valence-corrected chi connectivity index (χ4v) is 1.64. The number of rotatable bonds is 6. The summed E-state index contributed by atoms with van der Waals surface area (Å²) in [5, 5.41) is 6.45. The molecule has 0 radical (unpaired) electrons. The lowest BCUT2D eigenvalue weighted by molar-refractivity contribution is -0.0493. The average Bonchev–Trinajstić information content (AvgIpc) is 2.89. The summed E-state index contributed by atoms with van der Waals surface area (Å²) < 4.78 is 35.2. The number of nitrogens with zero attached hydrogens (tertiary/aromatic N) is 2. The largest absolute Gasteiger partial charge is 0.433 e. The third kappa shape index (κ3) is 3.99. The van der Waals surface area contributed by atoms with Crippen LogP contribution in [0.4, 0.5) is 14.5 Å². The van der Waals surface area contributed by atoms with Gasteiger partial charge >= 0.3 is 6.61 Å². The van der Waals surface area contributed by atoms with E-state index in [4.69, 9.17) is 4.74 Å². The number of anilines is 1. The van der Waals surface area contributed by atoms with Crippen LogP contribution < -0.4 is 10.1 Å². The summed E-state index contributed by atoms with van der Waals surface area (Å²) in [7, 11) is 1.50. The molecule has 0 atom stereocenters. The summed E-state index contributed by atoms with van der Waals surface area (Å²) in [6.07, 6.45) is 1.57. The molecule has 2 aromatic rings. The zero-order valence-corrected chi connectivity index (χ0v) is 11.1. The molecule has 1 aromatic heterocycles. The molecule has 0 saturated carbocycles. The number of halogens is 2. The van der Waals surface area contributed by atoms with Crippen LogP contribution in [0.3, 0.4) is 0 Å². The number of para-hydroxylation sites is 2. The molecule has 1 N–H and O–H groups in total. The van der Waals surface area contributed by atoms with Crippen LogP contribution in [0.5, 0.6) is 5.75 Å². The molecule has 0 aliphatic carbocycles. The van der Waals surface area contributed by atoms with Crippen molar-refractivity contribution in [2.24, 2.45) is 0 Å². The smallest absolute Gasteiger partial charge is 0.387 e. The molecule has 0 fully saturated rings. The van der Waals surface area contributed by atoms with E-state index in [-0.39, 0.29) is 23.9 Å². The zero-order chi connectivity index (χ0) is 15.2. The first-order chi connectivity index (χ1) is 10.1. The van der Waals surface area contributed by atoms with E-state index < -0.39 is 12.5 Å². The fourth-order valence-electron chi connectivity index (χ4n) is 1.64. The summed E-state index contributed by atoms with van der Waals surface area (Å²) in [5.74, 6) is -0.646. The fraction of sp³-hybridized carbons (Fsp3) is 0.231. The first-order valence-electron chi connectivity index (χ1n) is 5.97. The molecule has 6 nitrogen and oxygen atoms in total. The SMILES string of the molecule is COCn1ccc(C(=O)Nc2ccccc2OC(F)F)n1. The first-order valence-corrected chi connectivity index (χ1v) is 5.97. The molecule has 0 aliphatic heterocycles.